The molecule has 0 aliphatic rings. The van der Waals surface area contributed by atoms with E-state index in [-0.39, 0.29) is 12.4 Å². The van der Waals surface area contributed by atoms with E-state index in [2.05, 4.69) is 10.3 Å². The highest BCUT2D eigenvalue weighted by molar-refractivity contribution is 5.36. The Morgan fingerprint density at radius 3 is 2.53 bits per heavy atom. The molecule has 1 aromatic carbocycles. The first-order valence-corrected chi connectivity index (χ1v) is 4.95. The number of aromatic nitrogens is 1. The van der Waals surface area contributed by atoms with E-state index in [4.69, 9.17) is 0 Å². The second kappa shape index (κ2) is 4.86. The molecule has 0 amide bonds. The summed E-state index contributed by atoms with van der Waals surface area (Å²) in [6.07, 6.45) is 1.44. The third-order valence-electron chi connectivity index (χ3n) is 2.20. The molecule has 1 aromatic heterocycles. The van der Waals surface area contributed by atoms with Gasteiger partial charge in [-0.25, -0.2) is 18.2 Å². The summed E-state index contributed by atoms with van der Waals surface area (Å²) >= 11 is 0. The van der Waals surface area contributed by atoms with Gasteiger partial charge in [0.1, 0.15) is 0 Å². The minimum atomic E-state index is -0.925. The number of hydrogen-bond donors (Lipinski definition) is 1. The van der Waals surface area contributed by atoms with Crippen molar-refractivity contribution in [3.05, 3.63) is 59.5 Å². The lowest BCUT2D eigenvalue weighted by Gasteiger charge is -2.06. The Labute approximate surface area is 96.1 Å². The third kappa shape index (κ3) is 2.75. The lowest BCUT2D eigenvalue weighted by atomic mass is 10.2. The Kier molecular flexibility index (Phi) is 3.27. The molecule has 0 aliphatic carbocycles. The Bertz CT molecular complexity index is 529. The maximum atomic E-state index is 13.2. The normalized spacial score (nSPS) is 10.3. The molecule has 17 heavy (non-hydrogen) atoms. The number of nitrogens with zero attached hydrogens (tertiary/aromatic N) is 1. The van der Waals surface area contributed by atoms with Gasteiger partial charge in [-0.05, 0) is 29.8 Å². The van der Waals surface area contributed by atoms with Gasteiger partial charge in [0.05, 0.1) is 0 Å². The molecular formula is C12H9F3N2. The van der Waals surface area contributed by atoms with Crippen LogP contribution in [0.15, 0.2) is 36.5 Å². The fourth-order valence-corrected chi connectivity index (χ4v) is 1.35. The molecule has 2 aromatic rings. The second-order valence-electron chi connectivity index (χ2n) is 3.44. The fourth-order valence-electron chi connectivity index (χ4n) is 1.35. The van der Waals surface area contributed by atoms with Crippen LogP contribution in [0.3, 0.4) is 0 Å². The molecule has 88 valence electrons. The molecule has 5 heteroatoms. The SMILES string of the molecule is Fc1ccc(CNc2ncccc2F)cc1F. The minimum Gasteiger partial charge on any atom is -0.364 e. The first-order valence-electron chi connectivity index (χ1n) is 4.95. The Balaban J connectivity index is 2.08. The van der Waals surface area contributed by atoms with Crippen LogP contribution in [0.2, 0.25) is 0 Å². The van der Waals surface area contributed by atoms with Gasteiger partial charge in [0, 0.05) is 12.7 Å². The van der Waals surface area contributed by atoms with Crippen molar-refractivity contribution in [3.63, 3.8) is 0 Å². The summed E-state index contributed by atoms with van der Waals surface area (Å²) in [5.41, 5.74) is 0.508. The second-order valence-corrected chi connectivity index (χ2v) is 3.44. The van der Waals surface area contributed by atoms with Crippen LogP contribution in [-0.2, 0) is 6.54 Å². The van der Waals surface area contributed by atoms with E-state index in [1.807, 2.05) is 0 Å². The van der Waals surface area contributed by atoms with Crippen LogP contribution < -0.4 is 5.32 Å². The summed E-state index contributed by atoms with van der Waals surface area (Å²) in [6, 6.07) is 6.25. The number of benzene rings is 1. The van der Waals surface area contributed by atoms with Crippen molar-refractivity contribution < 1.29 is 13.2 Å². The summed E-state index contributed by atoms with van der Waals surface area (Å²) in [4.78, 5) is 3.78. The largest absolute Gasteiger partial charge is 0.364 e. The zero-order valence-corrected chi connectivity index (χ0v) is 8.75. The number of hydrogen-bond acceptors (Lipinski definition) is 2. The molecule has 2 rings (SSSR count). The van der Waals surface area contributed by atoms with Crippen molar-refractivity contribution in [2.45, 2.75) is 6.54 Å². The summed E-state index contributed by atoms with van der Waals surface area (Å²) in [5, 5.41) is 2.70. The standard InChI is InChI=1S/C12H9F3N2/c13-9-4-3-8(6-11(9)15)7-17-12-10(14)2-1-5-16-12/h1-6H,7H2,(H,16,17). The Morgan fingerprint density at radius 1 is 1.00 bits per heavy atom. The average molecular weight is 238 g/mol. The highest BCUT2D eigenvalue weighted by Gasteiger charge is 2.04. The maximum absolute atomic E-state index is 13.2. The molecule has 0 aliphatic heterocycles. The number of nitrogens with one attached hydrogen (secondary N) is 1. The highest BCUT2D eigenvalue weighted by atomic mass is 19.2. The van der Waals surface area contributed by atoms with Crippen molar-refractivity contribution in [2.24, 2.45) is 0 Å². The van der Waals surface area contributed by atoms with Crippen LogP contribution in [0.5, 0.6) is 0 Å². The highest BCUT2D eigenvalue weighted by Crippen LogP contribution is 2.12. The molecule has 0 radical (unpaired) electrons. The first kappa shape index (κ1) is 11.4. The van der Waals surface area contributed by atoms with Crippen LogP contribution in [0.25, 0.3) is 0 Å². The summed E-state index contributed by atoms with van der Waals surface area (Å²) in [7, 11) is 0. The van der Waals surface area contributed by atoms with Gasteiger partial charge in [0.2, 0.25) is 0 Å². The van der Waals surface area contributed by atoms with Crippen LogP contribution in [0.4, 0.5) is 19.0 Å². The van der Waals surface area contributed by atoms with Crippen molar-refractivity contribution in [3.8, 4) is 0 Å². The molecular weight excluding hydrogens is 229 g/mol. The molecule has 0 saturated heterocycles. The van der Waals surface area contributed by atoms with Crippen LogP contribution in [0.1, 0.15) is 5.56 Å². The number of rotatable bonds is 3. The third-order valence-corrected chi connectivity index (χ3v) is 2.20. The fraction of sp³-hybridized carbons (Fsp3) is 0.0833. The lowest BCUT2D eigenvalue weighted by molar-refractivity contribution is 0.507. The Morgan fingerprint density at radius 2 is 1.82 bits per heavy atom. The molecule has 2 nitrogen and oxygen atoms in total. The molecule has 0 spiro atoms. The van der Waals surface area contributed by atoms with Crippen LogP contribution >= 0.6 is 0 Å². The van der Waals surface area contributed by atoms with Gasteiger partial charge in [0.25, 0.3) is 0 Å². The molecule has 1 N–H and O–H groups in total. The van der Waals surface area contributed by atoms with Crippen LogP contribution in [-0.4, -0.2) is 4.98 Å². The van der Waals surface area contributed by atoms with E-state index in [9.17, 15) is 13.2 Å². The predicted octanol–water partition coefficient (Wildman–Crippen LogP) is 3.11. The van der Waals surface area contributed by atoms with Crippen molar-refractivity contribution in [1.82, 2.24) is 4.98 Å². The van der Waals surface area contributed by atoms with Gasteiger partial charge in [0.15, 0.2) is 23.3 Å². The average Bonchev–Trinajstić information content (AvgIpc) is 2.32. The van der Waals surface area contributed by atoms with E-state index in [0.29, 0.717) is 5.56 Å². The van der Waals surface area contributed by atoms with Crippen LogP contribution in [0, 0.1) is 17.5 Å². The van der Waals surface area contributed by atoms with E-state index < -0.39 is 17.5 Å². The first-order chi connectivity index (χ1) is 8.16. The van der Waals surface area contributed by atoms with Gasteiger partial charge in [-0.1, -0.05) is 6.07 Å². The zero-order valence-electron chi connectivity index (χ0n) is 8.75. The number of halogens is 3. The molecule has 1 heterocycles. The van der Waals surface area contributed by atoms with Gasteiger partial charge >= 0.3 is 0 Å². The zero-order chi connectivity index (χ0) is 12.3. The van der Waals surface area contributed by atoms with E-state index in [0.717, 1.165) is 12.1 Å². The van der Waals surface area contributed by atoms with Crippen molar-refractivity contribution in [2.75, 3.05) is 5.32 Å². The van der Waals surface area contributed by atoms with E-state index >= 15 is 0 Å². The summed E-state index contributed by atoms with van der Waals surface area (Å²) in [5.74, 6) is -2.24. The van der Waals surface area contributed by atoms with Gasteiger partial charge in [-0.2, -0.15) is 0 Å². The molecule has 0 saturated carbocycles. The quantitative estimate of drug-likeness (QED) is 0.888. The maximum Gasteiger partial charge on any atom is 0.165 e. The smallest absolute Gasteiger partial charge is 0.165 e. The minimum absolute atomic E-state index is 0.0808. The molecule has 0 bridgehead atoms. The van der Waals surface area contributed by atoms with E-state index in [1.54, 1.807) is 0 Å². The predicted molar refractivity (Wildman–Crippen MR) is 57.9 cm³/mol. The number of anilines is 1. The van der Waals surface area contributed by atoms with Crippen molar-refractivity contribution in [1.29, 1.82) is 0 Å². The van der Waals surface area contributed by atoms with Crippen molar-refractivity contribution >= 4 is 5.82 Å². The number of pyridine rings is 1. The Hall–Kier alpha value is -2.04. The van der Waals surface area contributed by atoms with Gasteiger partial charge < -0.3 is 5.32 Å². The van der Waals surface area contributed by atoms with E-state index in [1.165, 1.54) is 24.4 Å². The lowest BCUT2D eigenvalue weighted by Crippen LogP contribution is -2.03. The monoisotopic (exact) mass is 238 g/mol. The van der Waals surface area contributed by atoms with Gasteiger partial charge in [-0.15, -0.1) is 0 Å². The molecule has 0 atom stereocenters. The summed E-state index contributed by atoms with van der Waals surface area (Å²) < 4.78 is 38.7. The topological polar surface area (TPSA) is 24.9 Å². The molecule has 0 unspecified atom stereocenters. The summed E-state index contributed by atoms with van der Waals surface area (Å²) in [6.45, 7) is 0.172. The van der Waals surface area contributed by atoms with Gasteiger partial charge in [-0.3, -0.25) is 0 Å². The molecule has 0 fully saturated rings.